The van der Waals surface area contributed by atoms with Gasteiger partial charge in [0.25, 0.3) is 0 Å². The first-order chi connectivity index (χ1) is 14.8. The smallest absolute Gasteiger partial charge is 0.313 e. The molecule has 1 unspecified atom stereocenters. The van der Waals surface area contributed by atoms with Crippen molar-refractivity contribution in [2.45, 2.75) is 76.2 Å². The predicted molar refractivity (Wildman–Crippen MR) is 140 cm³/mol. The van der Waals surface area contributed by atoms with E-state index in [1.807, 2.05) is 53.8 Å². The zero-order valence-electron chi connectivity index (χ0n) is 20.2. The van der Waals surface area contributed by atoms with Crippen LogP contribution < -0.4 is 0 Å². The van der Waals surface area contributed by atoms with Crippen molar-refractivity contribution in [3.8, 4) is 0 Å². The maximum absolute atomic E-state index is 12.1. The molecule has 1 N–H and O–H groups in total. The number of hydrogen-bond acceptors (Lipinski definition) is 4. The maximum atomic E-state index is 12.1. The zero-order chi connectivity index (χ0) is 24.0. The summed E-state index contributed by atoms with van der Waals surface area (Å²) < 4.78 is 8.45. The Morgan fingerprint density at radius 2 is 1.97 bits per heavy atom. The van der Waals surface area contributed by atoms with Gasteiger partial charge in [-0.05, 0) is 63.1 Å². The molecule has 0 radical (unpaired) electrons. The minimum absolute atomic E-state index is 0.105. The highest BCUT2D eigenvalue weighted by molar-refractivity contribution is 9.10. The Hall–Kier alpha value is -1.09. The second-order valence-corrected chi connectivity index (χ2v) is 18.5. The molecule has 0 bridgehead atoms. The van der Waals surface area contributed by atoms with Crippen molar-refractivity contribution in [3.63, 3.8) is 0 Å². The van der Waals surface area contributed by atoms with Gasteiger partial charge in [0.15, 0.2) is 0 Å². The Bertz CT molecular complexity index is 897. The molecule has 1 aromatic carbocycles. The molecule has 5 nitrogen and oxygen atoms in total. The lowest BCUT2D eigenvalue weighted by Gasteiger charge is -2.27. The summed E-state index contributed by atoms with van der Waals surface area (Å²) >= 11 is 5.29. The van der Waals surface area contributed by atoms with Crippen LogP contribution in [0, 0.1) is 0 Å². The van der Waals surface area contributed by atoms with Gasteiger partial charge in [-0.1, -0.05) is 47.7 Å². The third-order valence-corrected chi connectivity index (χ3v) is 9.41. The van der Waals surface area contributed by atoms with Crippen LogP contribution in [0.5, 0.6) is 0 Å². The number of carboxylic acids is 1. The molecule has 0 spiro atoms. The van der Waals surface area contributed by atoms with Crippen LogP contribution in [0.1, 0.15) is 44.7 Å². The van der Waals surface area contributed by atoms with E-state index in [-0.39, 0.29) is 4.75 Å². The molecule has 0 saturated carbocycles. The number of benzene rings is 1. The molecular formula is C24H37BrN2O3SSi. The van der Waals surface area contributed by atoms with Crippen LogP contribution in [-0.2, 0) is 26.4 Å². The number of hydrogen-bond donors (Lipinski definition) is 1. The normalized spacial score (nSPS) is 14.3. The molecule has 2 aromatic rings. The molecule has 178 valence electrons. The van der Waals surface area contributed by atoms with E-state index in [9.17, 15) is 9.90 Å². The number of carboxylic acid groups (broad SMARTS) is 1. The number of aliphatic carboxylic acids is 1. The fourth-order valence-corrected chi connectivity index (χ4v) is 5.55. The monoisotopic (exact) mass is 540 g/mol. The minimum Gasteiger partial charge on any atom is -0.481 e. The van der Waals surface area contributed by atoms with Crippen molar-refractivity contribution < 1.29 is 14.6 Å². The summed E-state index contributed by atoms with van der Waals surface area (Å²) in [7, 11) is -1.08. The first kappa shape index (κ1) is 27.2. The van der Waals surface area contributed by atoms with Crippen LogP contribution in [0.3, 0.4) is 0 Å². The van der Waals surface area contributed by atoms with Crippen LogP contribution in [0.15, 0.2) is 41.1 Å². The third-order valence-electron chi connectivity index (χ3n) is 5.77. The number of nitrogens with zero attached hydrogens (tertiary/aromatic N) is 2. The molecule has 32 heavy (non-hydrogen) atoms. The number of aromatic nitrogens is 2. The third kappa shape index (κ3) is 8.04. The molecular weight excluding hydrogens is 504 g/mol. The maximum Gasteiger partial charge on any atom is 0.313 e. The summed E-state index contributed by atoms with van der Waals surface area (Å²) in [5, 5.41) is 14.4. The Balaban J connectivity index is 1.87. The van der Waals surface area contributed by atoms with Crippen molar-refractivity contribution in [2.24, 2.45) is 0 Å². The number of ether oxygens (including phenoxy) is 1. The summed E-state index contributed by atoms with van der Waals surface area (Å²) in [6.45, 7) is 14.5. The first-order valence-electron chi connectivity index (χ1n) is 11.1. The highest BCUT2D eigenvalue weighted by atomic mass is 79.9. The fourth-order valence-electron chi connectivity index (χ4n) is 3.32. The van der Waals surface area contributed by atoms with Crippen molar-refractivity contribution in [1.29, 1.82) is 0 Å². The second-order valence-electron chi connectivity index (χ2n) is 10.2. The predicted octanol–water partition coefficient (Wildman–Crippen LogP) is 6.75. The molecule has 0 amide bonds. The lowest BCUT2D eigenvalue weighted by atomic mass is 9.79. The standard InChI is InChI=1S/C24H37BrN2O3SSi/c1-23(2,20-16-26-27(17-20)18-30-12-14-32(4,5)6)31-13-8-11-24(3,22(28)29)19-9-7-10-21(25)15-19/h7,9-10,15-17H,8,11-14,18H2,1-6H3,(H,28,29). The molecule has 1 aromatic heterocycles. The van der Waals surface area contributed by atoms with Gasteiger partial charge in [0.1, 0.15) is 6.73 Å². The SMILES string of the molecule is CC(C)(SCCCC(C)(C(=O)O)c1cccc(Br)c1)c1cnn(COCC[Si](C)(C)C)c1. The van der Waals surface area contributed by atoms with Crippen molar-refractivity contribution in [2.75, 3.05) is 12.4 Å². The Morgan fingerprint density at radius 3 is 2.59 bits per heavy atom. The van der Waals surface area contributed by atoms with Gasteiger partial charge in [-0.2, -0.15) is 16.9 Å². The lowest BCUT2D eigenvalue weighted by Crippen LogP contribution is -2.32. The molecule has 0 aliphatic carbocycles. The average molecular weight is 542 g/mol. The van der Waals surface area contributed by atoms with E-state index >= 15 is 0 Å². The van der Waals surface area contributed by atoms with Gasteiger partial charge in [0.2, 0.25) is 0 Å². The number of halogens is 1. The Morgan fingerprint density at radius 1 is 1.25 bits per heavy atom. The Labute approximate surface area is 206 Å². The van der Waals surface area contributed by atoms with E-state index in [1.54, 1.807) is 0 Å². The molecule has 1 heterocycles. The summed E-state index contributed by atoms with van der Waals surface area (Å²) in [5.74, 6) is 0.0946. The highest BCUT2D eigenvalue weighted by Crippen LogP contribution is 2.38. The second kappa shape index (κ2) is 11.4. The summed E-state index contributed by atoms with van der Waals surface area (Å²) in [5.41, 5.74) is 1.09. The van der Waals surface area contributed by atoms with Gasteiger partial charge in [0, 0.05) is 35.7 Å². The molecule has 1 atom stereocenters. The lowest BCUT2D eigenvalue weighted by molar-refractivity contribution is -0.143. The zero-order valence-corrected chi connectivity index (χ0v) is 23.6. The Kier molecular flexibility index (Phi) is 9.64. The van der Waals surface area contributed by atoms with Gasteiger partial charge >= 0.3 is 5.97 Å². The largest absolute Gasteiger partial charge is 0.481 e. The average Bonchev–Trinajstić information content (AvgIpc) is 3.17. The van der Waals surface area contributed by atoms with Crippen LogP contribution in [0.4, 0.5) is 0 Å². The van der Waals surface area contributed by atoms with E-state index in [1.165, 1.54) is 0 Å². The van der Waals surface area contributed by atoms with E-state index in [0.29, 0.717) is 13.2 Å². The van der Waals surface area contributed by atoms with Gasteiger partial charge < -0.3 is 9.84 Å². The highest BCUT2D eigenvalue weighted by Gasteiger charge is 2.35. The molecule has 0 aliphatic heterocycles. The minimum atomic E-state index is -1.08. The van der Waals surface area contributed by atoms with Crippen molar-refractivity contribution in [3.05, 3.63) is 52.3 Å². The molecule has 0 fully saturated rings. The van der Waals surface area contributed by atoms with Crippen molar-refractivity contribution >= 4 is 41.7 Å². The summed E-state index contributed by atoms with van der Waals surface area (Å²) in [6.07, 6.45) is 5.38. The quantitative estimate of drug-likeness (QED) is 0.225. The van der Waals surface area contributed by atoms with Gasteiger partial charge in [0.05, 0.1) is 11.6 Å². The van der Waals surface area contributed by atoms with E-state index in [4.69, 9.17) is 4.74 Å². The first-order valence-corrected chi connectivity index (χ1v) is 16.6. The fraction of sp³-hybridized carbons (Fsp3) is 0.583. The van der Waals surface area contributed by atoms with Crippen LogP contribution in [0.2, 0.25) is 25.7 Å². The number of rotatable bonds is 13. The van der Waals surface area contributed by atoms with Crippen LogP contribution in [0.25, 0.3) is 0 Å². The van der Waals surface area contributed by atoms with Crippen LogP contribution >= 0.6 is 27.7 Å². The van der Waals surface area contributed by atoms with E-state index in [0.717, 1.165) is 40.4 Å². The van der Waals surface area contributed by atoms with Crippen molar-refractivity contribution in [1.82, 2.24) is 9.78 Å². The molecule has 2 rings (SSSR count). The molecule has 8 heteroatoms. The molecule has 0 saturated heterocycles. The molecule has 0 aliphatic rings. The number of carbonyl (C=O) groups is 1. The van der Waals surface area contributed by atoms with Crippen LogP contribution in [-0.4, -0.2) is 41.3 Å². The number of thioether (sulfide) groups is 1. The summed E-state index contributed by atoms with van der Waals surface area (Å²) in [6, 6.07) is 8.77. The van der Waals surface area contributed by atoms with Gasteiger partial charge in [-0.25, -0.2) is 4.68 Å². The van der Waals surface area contributed by atoms with Gasteiger partial charge in [-0.3, -0.25) is 4.79 Å². The van der Waals surface area contributed by atoms with Gasteiger partial charge in [-0.15, -0.1) is 0 Å². The van der Waals surface area contributed by atoms with E-state index in [2.05, 4.69) is 60.7 Å². The topological polar surface area (TPSA) is 64.3 Å². The van der Waals surface area contributed by atoms with E-state index < -0.39 is 19.5 Å². The summed E-state index contributed by atoms with van der Waals surface area (Å²) in [4.78, 5) is 12.1.